The number of benzene rings is 1. The van der Waals surface area contributed by atoms with E-state index >= 15 is 0 Å². The molecule has 0 saturated heterocycles. The van der Waals surface area contributed by atoms with Gasteiger partial charge in [0.1, 0.15) is 0 Å². The second kappa shape index (κ2) is 7.85. The second-order valence-corrected chi connectivity index (χ2v) is 4.76. The molecule has 0 saturated carbocycles. The smallest absolute Gasteiger partial charge is 0.260 e. The molecule has 5 heteroatoms. The van der Waals surface area contributed by atoms with Crippen molar-refractivity contribution in [3.05, 3.63) is 29.6 Å². The number of likely N-dealkylation sites (N-methyl/N-ethyl adjacent to an activating group) is 1. The largest absolute Gasteiger partial charge is 0.478 e. The minimum atomic E-state index is -0.747. The van der Waals surface area contributed by atoms with Crippen molar-refractivity contribution in [3.8, 4) is 5.75 Å². The van der Waals surface area contributed by atoms with E-state index in [4.69, 9.17) is 10.5 Å². The van der Waals surface area contributed by atoms with Gasteiger partial charge in [0, 0.05) is 12.6 Å². The van der Waals surface area contributed by atoms with Crippen molar-refractivity contribution in [2.75, 3.05) is 6.54 Å². The third kappa shape index (κ3) is 4.49. The molecule has 0 aliphatic heterocycles. The molecule has 1 amide bonds. The van der Waals surface area contributed by atoms with E-state index in [9.17, 15) is 9.18 Å². The molecule has 1 rings (SSSR count). The standard InChI is InChI=1S/C15H23FN2O2/c1-4-12(17)9-11-7-6-8-13(16)14(11)20-10(3)15(19)18-5-2/h6-8,10,12H,4-5,9,17H2,1-3H3,(H,18,19). The van der Waals surface area contributed by atoms with Crippen molar-refractivity contribution in [3.63, 3.8) is 0 Å². The van der Waals surface area contributed by atoms with Crippen molar-refractivity contribution in [1.82, 2.24) is 5.32 Å². The molecule has 20 heavy (non-hydrogen) atoms. The first-order chi connectivity index (χ1) is 9.49. The SMILES string of the molecule is CCNC(=O)C(C)Oc1c(F)cccc1CC(N)CC. The molecular formula is C15H23FN2O2. The molecule has 0 aliphatic carbocycles. The van der Waals surface area contributed by atoms with Crippen LogP contribution in [0.5, 0.6) is 5.75 Å². The van der Waals surface area contributed by atoms with Gasteiger partial charge in [-0.05, 0) is 38.3 Å². The number of rotatable bonds is 7. The lowest BCUT2D eigenvalue weighted by Gasteiger charge is -2.18. The maximum absolute atomic E-state index is 13.9. The van der Waals surface area contributed by atoms with Gasteiger partial charge in [-0.2, -0.15) is 0 Å². The van der Waals surface area contributed by atoms with Crippen LogP contribution < -0.4 is 15.8 Å². The highest BCUT2D eigenvalue weighted by molar-refractivity contribution is 5.80. The Bertz CT molecular complexity index is 451. The fourth-order valence-electron chi connectivity index (χ4n) is 1.82. The molecular weight excluding hydrogens is 259 g/mol. The monoisotopic (exact) mass is 282 g/mol. The molecule has 4 nitrogen and oxygen atoms in total. The molecule has 0 bridgehead atoms. The Hall–Kier alpha value is -1.62. The van der Waals surface area contributed by atoms with Gasteiger partial charge in [-0.3, -0.25) is 4.79 Å². The van der Waals surface area contributed by atoms with E-state index in [1.165, 1.54) is 6.07 Å². The van der Waals surface area contributed by atoms with Crippen LogP contribution in [-0.4, -0.2) is 24.6 Å². The molecule has 0 radical (unpaired) electrons. The summed E-state index contributed by atoms with van der Waals surface area (Å²) < 4.78 is 19.4. The first-order valence-electron chi connectivity index (χ1n) is 6.96. The predicted molar refractivity (Wildman–Crippen MR) is 77.1 cm³/mol. The van der Waals surface area contributed by atoms with Crippen molar-refractivity contribution >= 4 is 5.91 Å². The fourth-order valence-corrected chi connectivity index (χ4v) is 1.82. The van der Waals surface area contributed by atoms with Crippen LogP contribution in [0.4, 0.5) is 4.39 Å². The van der Waals surface area contributed by atoms with E-state index in [0.29, 0.717) is 18.5 Å². The summed E-state index contributed by atoms with van der Waals surface area (Å²) >= 11 is 0. The molecule has 0 heterocycles. The summed E-state index contributed by atoms with van der Waals surface area (Å²) in [6, 6.07) is 4.66. The van der Waals surface area contributed by atoms with Gasteiger partial charge in [0.2, 0.25) is 0 Å². The number of ether oxygens (including phenoxy) is 1. The first-order valence-corrected chi connectivity index (χ1v) is 6.96. The number of halogens is 1. The van der Waals surface area contributed by atoms with Crippen LogP contribution in [0, 0.1) is 5.82 Å². The fraction of sp³-hybridized carbons (Fsp3) is 0.533. The van der Waals surface area contributed by atoms with Gasteiger partial charge < -0.3 is 15.8 Å². The van der Waals surface area contributed by atoms with E-state index in [-0.39, 0.29) is 17.7 Å². The Morgan fingerprint density at radius 3 is 2.75 bits per heavy atom. The summed E-state index contributed by atoms with van der Waals surface area (Å²) in [4.78, 5) is 11.7. The van der Waals surface area contributed by atoms with Crippen molar-refractivity contribution < 1.29 is 13.9 Å². The molecule has 3 N–H and O–H groups in total. The van der Waals surface area contributed by atoms with Crippen LogP contribution in [0.2, 0.25) is 0 Å². The Morgan fingerprint density at radius 1 is 1.45 bits per heavy atom. The average Bonchev–Trinajstić information content (AvgIpc) is 2.42. The first kappa shape index (κ1) is 16.4. The molecule has 0 aliphatic rings. The average molecular weight is 282 g/mol. The predicted octanol–water partition coefficient (Wildman–Crippen LogP) is 2.01. The highest BCUT2D eigenvalue weighted by Gasteiger charge is 2.19. The van der Waals surface area contributed by atoms with Crippen molar-refractivity contribution in [2.24, 2.45) is 5.73 Å². The zero-order valence-electron chi connectivity index (χ0n) is 12.3. The van der Waals surface area contributed by atoms with Crippen LogP contribution in [-0.2, 0) is 11.2 Å². The quantitative estimate of drug-likeness (QED) is 0.804. The van der Waals surface area contributed by atoms with Gasteiger partial charge in [0.15, 0.2) is 17.7 Å². The molecule has 112 valence electrons. The van der Waals surface area contributed by atoms with Gasteiger partial charge in [0.05, 0.1) is 0 Å². The molecule has 0 spiro atoms. The molecule has 0 aromatic heterocycles. The van der Waals surface area contributed by atoms with E-state index in [1.54, 1.807) is 19.1 Å². The lowest BCUT2D eigenvalue weighted by atomic mass is 10.0. The van der Waals surface area contributed by atoms with Crippen molar-refractivity contribution in [2.45, 2.75) is 45.8 Å². The summed E-state index contributed by atoms with van der Waals surface area (Å²) in [7, 11) is 0. The van der Waals surface area contributed by atoms with Gasteiger partial charge in [-0.15, -0.1) is 0 Å². The molecule has 1 aromatic carbocycles. The summed E-state index contributed by atoms with van der Waals surface area (Å²) in [6.07, 6.45) is 0.566. The molecule has 2 atom stereocenters. The molecule has 0 fully saturated rings. The van der Waals surface area contributed by atoms with Gasteiger partial charge in [-0.25, -0.2) is 4.39 Å². The summed E-state index contributed by atoms with van der Waals surface area (Å²) in [6.45, 7) is 5.90. The summed E-state index contributed by atoms with van der Waals surface area (Å²) in [5.41, 5.74) is 6.60. The minimum absolute atomic E-state index is 0.0566. The lowest BCUT2D eigenvalue weighted by Crippen LogP contribution is -2.36. The number of para-hydroxylation sites is 1. The topological polar surface area (TPSA) is 64.3 Å². The maximum atomic E-state index is 13.9. The van der Waals surface area contributed by atoms with Gasteiger partial charge in [0.25, 0.3) is 5.91 Å². The van der Waals surface area contributed by atoms with Gasteiger partial charge in [-0.1, -0.05) is 19.1 Å². The number of carbonyl (C=O) groups is 1. The Labute approximate surface area is 119 Å². The van der Waals surface area contributed by atoms with E-state index in [1.807, 2.05) is 13.8 Å². The normalized spacial score (nSPS) is 13.7. The van der Waals surface area contributed by atoms with Crippen molar-refractivity contribution in [1.29, 1.82) is 0 Å². The molecule has 1 aromatic rings. The van der Waals surface area contributed by atoms with E-state index < -0.39 is 11.9 Å². The van der Waals surface area contributed by atoms with Crippen LogP contribution in [0.1, 0.15) is 32.8 Å². The van der Waals surface area contributed by atoms with Crippen LogP contribution >= 0.6 is 0 Å². The Balaban J connectivity index is 2.89. The molecule has 2 unspecified atom stereocenters. The van der Waals surface area contributed by atoms with Crippen LogP contribution in [0.3, 0.4) is 0 Å². The highest BCUT2D eigenvalue weighted by Crippen LogP contribution is 2.25. The minimum Gasteiger partial charge on any atom is -0.478 e. The zero-order valence-corrected chi connectivity index (χ0v) is 12.3. The Morgan fingerprint density at radius 2 is 2.15 bits per heavy atom. The highest BCUT2D eigenvalue weighted by atomic mass is 19.1. The zero-order chi connectivity index (χ0) is 15.1. The third-order valence-electron chi connectivity index (χ3n) is 3.07. The third-order valence-corrected chi connectivity index (χ3v) is 3.07. The Kier molecular flexibility index (Phi) is 6.45. The van der Waals surface area contributed by atoms with Gasteiger partial charge >= 0.3 is 0 Å². The van der Waals surface area contributed by atoms with E-state index in [2.05, 4.69) is 5.32 Å². The van der Waals surface area contributed by atoms with E-state index in [0.717, 1.165) is 6.42 Å². The number of hydrogen-bond acceptors (Lipinski definition) is 3. The van der Waals surface area contributed by atoms with Crippen LogP contribution in [0.25, 0.3) is 0 Å². The lowest BCUT2D eigenvalue weighted by molar-refractivity contribution is -0.127. The summed E-state index contributed by atoms with van der Waals surface area (Å²) in [5, 5.41) is 2.65. The number of amides is 1. The second-order valence-electron chi connectivity index (χ2n) is 4.76. The number of nitrogens with one attached hydrogen (secondary N) is 1. The van der Waals surface area contributed by atoms with Crippen LogP contribution in [0.15, 0.2) is 18.2 Å². The number of nitrogens with two attached hydrogens (primary N) is 1. The number of carbonyl (C=O) groups excluding carboxylic acids is 1. The number of hydrogen-bond donors (Lipinski definition) is 2. The summed E-state index contributed by atoms with van der Waals surface area (Å²) in [5.74, 6) is -0.612. The maximum Gasteiger partial charge on any atom is 0.260 e.